The third kappa shape index (κ3) is 2.88. The Labute approximate surface area is 122 Å². The normalized spacial score (nSPS) is 28.1. The highest BCUT2D eigenvalue weighted by molar-refractivity contribution is 8.15. The summed E-state index contributed by atoms with van der Waals surface area (Å²) in [6.45, 7) is 1.92. The van der Waals surface area contributed by atoms with Crippen molar-refractivity contribution < 1.29 is 8.42 Å². The molecule has 7 heteroatoms. The number of thioether (sulfide) groups is 1. The van der Waals surface area contributed by atoms with Crippen LogP contribution in [0.5, 0.6) is 0 Å². The molecule has 1 fully saturated rings. The molecule has 1 saturated heterocycles. The summed E-state index contributed by atoms with van der Waals surface area (Å²) in [7, 11) is -2.89. The number of benzene rings is 1. The fourth-order valence-corrected chi connectivity index (χ4v) is 5.88. The van der Waals surface area contributed by atoms with Crippen LogP contribution in [0.25, 0.3) is 0 Å². The molecular formula is C13H15N3O2S2. The summed E-state index contributed by atoms with van der Waals surface area (Å²) in [5.74, 6) is 0.385. The second-order valence-corrected chi connectivity index (χ2v) is 8.29. The van der Waals surface area contributed by atoms with Gasteiger partial charge in [-0.15, -0.1) is 0 Å². The Morgan fingerprint density at radius 1 is 1.35 bits per heavy atom. The van der Waals surface area contributed by atoms with Gasteiger partial charge in [-0.1, -0.05) is 42.1 Å². The zero-order valence-electron chi connectivity index (χ0n) is 11.0. The molecule has 5 nitrogen and oxygen atoms in total. The number of nitrogens with one attached hydrogen (secondary N) is 1. The lowest BCUT2D eigenvalue weighted by atomic mass is 10.1. The summed E-state index contributed by atoms with van der Waals surface area (Å²) in [6.07, 6.45) is 0. The number of hydrogen-bond acceptors (Lipinski definition) is 6. The average Bonchev–Trinajstić information content (AvgIpc) is 2.90. The molecule has 0 aliphatic carbocycles. The molecule has 1 aromatic rings. The van der Waals surface area contributed by atoms with Crippen molar-refractivity contribution in [1.29, 1.82) is 0 Å². The third-order valence-electron chi connectivity index (χ3n) is 3.33. The van der Waals surface area contributed by atoms with Crippen molar-refractivity contribution in [3.05, 3.63) is 35.9 Å². The molecule has 0 bridgehead atoms. The zero-order valence-corrected chi connectivity index (χ0v) is 12.6. The molecule has 2 heterocycles. The summed E-state index contributed by atoms with van der Waals surface area (Å²) >= 11 is 1.47. The Hall–Kier alpha value is -1.34. The number of fused-ring (bicyclic) bond motifs is 1. The molecule has 0 radical (unpaired) electrons. The number of rotatable bonds is 2. The van der Waals surface area contributed by atoms with E-state index in [-0.39, 0.29) is 22.8 Å². The van der Waals surface area contributed by atoms with Gasteiger partial charge in [0, 0.05) is 5.25 Å². The van der Waals surface area contributed by atoms with Crippen LogP contribution in [0.2, 0.25) is 0 Å². The lowest BCUT2D eigenvalue weighted by Gasteiger charge is -2.04. The van der Waals surface area contributed by atoms with Gasteiger partial charge in [-0.3, -0.25) is 10.4 Å². The maximum absolute atomic E-state index is 11.5. The summed E-state index contributed by atoms with van der Waals surface area (Å²) < 4.78 is 22.9. The van der Waals surface area contributed by atoms with Gasteiger partial charge in [-0.25, -0.2) is 8.42 Å². The van der Waals surface area contributed by atoms with Crippen LogP contribution in [0, 0.1) is 0 Å². The third-order valence-corrected chi connectivity index (χ3v) is 6.46. The summed E-state index contributed by atoms with van der Waals surface area (Å²) in [5, 5.41) is 5.07. The van der Waals surface area contributed by atoms with E-state index in [9.17, 15) is 8.42 Å². The van der Waals surface area contributed by atoms with Crippen LogP contribution in [0.3, 0.4) is 0 Å². The Bertz CT molecular complexity index is 668. The minimum atomic E-state index is -2.89. The number of hydrazone groups is 1. The average molecular weight is 309 g/mol. The van der Waals surface area contributed by atoms with Crippen molar-refractivity contribution in [2.75, 3.05) is 11.5 Å². The van der Waals surface area contributed by atoms with Gasteiger partial charge in [0.05, 0.1) is 23.3 Å². The summed E-state index contributed by atoms with van der Waals surface area (Å²) in [4.78, 5) is 4.39. The van der Waals surface area contributed by atoms with Gasteiger partial charge < -0.3 is 0 Å². The number of aliphatic imine (C=N–C) groups is 1. The van der Waals surface area contributed by atoms with Crippen LogP contribution in [-0.4, -0.2) is 42.1 Å². The molecule has 0 amide bonds. The van der Waals surface area contributed by atoms with Crippen LogP contribution in [0.15, 0.2) is 40.4 Å². The van der Waals surface area contributed by atoms with Gasteiger partial charge in [-0.05, 0) is 12.5 Å². The van der Waals surface area contributed by atoms with Gasteiger partial charge >= 0.3 is 0 Å². The van der Waals surface area contributed by atoms with Gasteiger partial charge in [-0.2, -0.15) is 5.10 Å². The van der Waals surface area contributed by atoms with E-state index in [0.717, 1.165) is 11.3 Å². The minimum Gasteiger partial charge on any atom is -0.256 e. The molecule has 20 heavy (non-hydrogen) atoms. The number of sulfone groups is 1. The van der Waals surface area contributed by atoms with Crippen molar-refractivity contribution in [3.8, 4) is 0 Å². The fourth-order valence-electron chi connectivity index (χ4n) is 2.29. The van der Waals surface area contributed by atoms with E-state index in [4.69, 9.17) is 0 Å². The Kier molecular flexibility index (Phi) is 3.55. The lowest BCUT2D eigenvalue weighted by Crippen LogP contribution is -2.17. The molecule has 106 valence electrons. The number of amidine groups is 1. The Morgan fingerprint density at radius 2 is 2.10 bits per heavy atom. The predicted molar refractivity (Wildman–Crippen MR) is 83.0 cm³/mol. The highest BCUT2D eigenvalue weighted by Gasteiger charge is 2.42. The topological polar surface area (TPSA) is 70.9 Å². The van der Waals surface area contributed by atoms with Gasteiger partial charge in [0.2, 0.25) is 0 Å². The molecule has 1 N–H and O–H groups in total. The standard InChI is InChI=1S/C13H15N3O2S2/c1-9(10-5-3-2-4-6-10)15-16-13-14-11-7-20(17,18)8-12(11)19-13/h2-6,11-12H,7-8H2,1H3,(H,14,16)/b15-9-/t11-,12-/m1/s1. The lowest BCUT2D eigenvalue weighted by molar-refractivity contribution is 0.601. The van der Waals surface area contributed by atoms with Crippen molar-refractivity contribution in [2.45, 2.75) is 18.2 Å². The predicted octanol–water partition coefficient (Wildman–Crippen LogP) is 1.27. The second-order valence-electron chi connectivity index (χ2n) is 4.91. The first-order chi connectivity index (χ1) is 9.53. The molecular weight excluding hydrogens is 294 g/mol. The smallest absolute Gasteiger partial charge is 0.177 e. The highest BCUT2D eigenvalue weighted by Crippen LogP contribution is 2.33. The van der Waals surface area contributed by atoms with Crippen molar-refractivity contribution in [3.63, 3.8) is 0 Å². The van der Waals surface area contributed by atoms with Gasteiger partial charge in [0.15, 0.2) is 15.0 Å². The van der Waals surface area contributed by atoms with E-state index in [1.807, 2.05) is 37.3 Å². The Morgan fingerprint density at radius 3 is 2.80 bits per heavy atom. The van der Waals surface area contributed by atoms with E-state index in [1.54, 1.807) is 0 Å². The monoisotopic (exact) mass is 309 g/mol. The van der Waals surface area contributed by atoms with E-state index in [1.165, 1.54) is 11.8 Å². The van der Waals surface area contributed by atoms with Crippen molar-refractivity contribution in [1.82, 2.24) is 5.43 Å². The molecule has 1 aromatic carbocycles. The van der Waals surface area contributed by atoms with E-state index >= 15 is 0 Å². The molecule has 0 saturated carbocycles. The minimum absolute atomic E-state index is 0.0507. The first-order valence-corrected chi connectivity index (χ1v) is 9.04. The number of hydrogen-bond donors (Lipinski definition) is 1. The molecule has 0 spiro atoms. The Balaban J connectivity index is 1.66. The largest absolute Gasteiger partial charge is 0.256 e. The quantitative estimate of drug-likeness (QED) is 0.660. The molecule has 2 aliphatic heterocycles. The molecule has 2 atom stereocenters. The molecule has 0 aromatic heterocycles. The van der Waals surface area contributed by atoms with E-state index in [2.05, 4.69) is 15.5 Å². The van der Waals surface area contributed by atoms with E-state index in [0.29, 0.717) is 5.17 Å². The molecule has 3 rings (SSSR count). The van der Waals surface area contributed by atoms with Crippen LogP contribution in [-0.2, 0) is 9.84 Å². The highest BCUT2D eigenvalue weighted by atomic mass is 32.2. The fraction of sp³-hybridized carbons (Fsp3) is 0.385. The number of nitrogens with zero attached hydrogens (tertiary/aromatic N) is 2. The maximum atomic E-state index is 11.5. The van der Waals surface area contributed by atoms with Crippen LogP contribution in [0.1, 0.15) is 12.5 Å². The van der Waals surface area contributed by atoms with Crippen molar-refractivity contribution in [2.24, 2.45) is 10.1 Å². The van der Waals surface area contributed by atoms with Crippen molar-refractivity contribution >= 4 is 32.5 Å². The maximum Gasteiger partial charge on any atom is 0.177 e. The van der Waals surface area contributed by atoms with Crippen LogP contribution in [0.4, 0.5) is 0 Å². The van der Waals surface area contributed by atoms with E-state index < -0.39 is 9.84 Å². The second kappa shape index (κ2) is 5.21. The molecule has 2 aliphatic rings. The first-order valence-electron chi connectivity index (χ1n) is 6.34. The van der Waals surface area contributed by atoms with Gasteiger partial charge in [0.1, 0.15) is 0 Å². The summed E-state index contributed by atoms with van der Waals surface area (Å²) in [6, 6.07) is 9.76. The first kappa shape index (κ1) is 13.6. The van der Waals surface area contributed by atoms with Crippen LogP contribution >= 0.6 is 11.8 Å². The SMILES string of the molecule is C/C(=N/NC1=N[C@@H]2CS(=O)(=O)C[C@H]2S1)c1ccccc1. The van der Waals surface area contributed by atoms with Crippen LogP contribution < -0.4 is 5.43 Å². The van der Waals surface area contributed by atoms with Gasteiger partial charge in [0.25, 0.3) is 0 Å². The zero-order chi connectivity index (χ0) is 14.2. The molecule has 0 unspecified atom stereocenters. The summed E-state index contributed by atoms with van der Waals surface area (Å²) in [5.41, 5.74) is 4.86.